The quantitative estimate of drug-likeness (QED) is 0.581. The Labute approximate surface area is 183 Å². The van der Waals surface area contributed by atoms with Crippen LogP contribution in [-0.2, 0) is 11.2 Å². The standard InChI is InChI=1S/C22H20ClN3O3S/c1-12-3-9-17(29-2)16(11-12)24-21(28)15-8-10-18-19(15)25-22(30-18)26-20(27)13-4-6-14(23)7-5-13/h3-7,9,11,15H,8,10H2,1-2H3,(H,24,28)(H,25,26,27). The zero-order valence-corrected chi connectivity index (χ0v) is 18.1. The Morgan fingerprint density at radius 1 is 1.17 bits per heavy atom. The number of carbonyl (C=O) groups excluding carboxylic acids is 2. The van der Waals surface area contributed by atoms with Gasteiger partial charge in [-0.05, 0) is 61.7 Å². The monoisotopic (exact) mass is 441 g/mol. The number of methoxy groups -OCH3 is 1. The van der Waals surface area contributed by atoms with E-state index in [2.05, 4.69) is 15.6 Å². The SMILES string of the molecule is COc1ccc(C)cc1NC(=O)C1CCc2sc(NC(=O)c3ccc(Cl)cc3)nc21. The molecule has 30 heavy (non-hydrogen) atoms. The van der Waals surface area contributed by atoms with Crippen LogP contribution in [0.5, 0.6) is 5.75 Å². The molecule has 6 nitrogen and oxygen atoms in total. The van der Waals surface area contributed by atoms with Crippen LogP contribution in [0, 0.1) is 6.92 Å². The summed E-state index contributed by atoms with van der Waals surface area (Å²) in [4.78, 5) is 30.9. The third-order valence-electron chi connectivity index (χ3n) is 4.97. The van der Waals surface area contributed by atoms with E-state index in [1.54, 1.807) is 31.4 Å². The highest BCUT2D eigenvalue weighted by Gasteiger charge is 2.33. The number of carbonyl (C=O) groups is 2. The molecule has 8 heteroatoms. The number of rotatable bonds is 5. The topological polar surface area (TPSA) is 80.3 Å². The van der Waals surface area contributed by atoms with Crippen LogP contribution < -0.4 is 15.4 Å². The Kier molecular flexibility index (Phi) is 5.74. The Hall–Kier alpha value is -2.90. The summed E-state index contributed by atoms with van der Waals surface area (Å²) in [5.74, 6) is -0.132. The lowest BCUT2D eigenvalue weighted by Crippen LogP contribution is -2.20. The molecule has 2 amide bonds. The highest BCUT2D eigenvalue weighted by molar-refractivity contribution is 7.16. The van der Waals surface area contributed by atoms with Gasteiger partial charge in [-0.1, -0.05) is 17.7 Å². The number of aromatic nitrogens is 1. The normalized spacial score (nSPS) is 14.8. The number of thiazole rings is 1. The first-order valence-electron chi connectivity index (χ1n) is 9.46. The molecule has 1 aromatic heterocycles. The van der Waals surface area contributed by atoms with E-state index in [9.17, 15) is 9.59 Å². The molecular weight excluding hydrogens is 422 g/mol. The van der Waals surface area contributed by atoms with Crippen molar-refractivity contribution in [3.8, 4) is 5.75 Å². The van der Waals surface area contributed by atoms with Crippen molar-refractivity contribution in [3.05, 3.63) is 69.2 Å². The second-order valence-corrected chi connectivity index (χ2v) is 8.59. The average molecular weight is 442 g/mol. The van der Waals surface area contributed by atoms with Crippen LogP contribution in [0.4, 0.5) is 10.8 Å². The first-order valence-corrected chi connectivity index (χ1v) is 10.7. The second kappa shape index (κ2) is 8.45. The molecular formula is C22H20ClN3O3S. The summed E-state index contributed by atoms with van der Waals surface area (Å²) in [5, 5.41) is 6.84. The van der Waals surface area contributed by atoms with Gasteiger partial charge in [0, 0.05) is 15.5 Å². The number of ether oxygens (including phenoxy) is 1. The summed E-state index contributed by atoms with van der Waals surface area (Å²) in [6.45, 7) is 1.96. The van der Waals surface area contributed by atoms with Crippen molar-refractivity contribution in [3.63, 3.8) is 0 Å². The average Bonchev–Trinajstić information content (AvgIpc) is 3.28. The van der Waals surface area contributed by atoms with Gasteiger partial charge in [-0.15, -0.1) is 11.3 Å². The molecule has 1 aliphatic rings. The van der Waals surface area contributed by atoms with Gasteiger partial charge in [0.25, 0.3) is 5.91 Å². The minimum Gasteiger partial charge on any atom is -0.495 e. The van der Waals surface area contributed by atoms with Gasteiger partial charge in [-0.3, -0.25) is 14.9 Å². The lowest BCUT2D eigenvalue weighted by atomic mass is 10.1. The van der Waals surface area contributed by atoms with E-state index >= 15 is 0 Å². The highest BCUT2D eigenvalue weighted by Crippen LogP contribution is 2.39. The Balaban J connectivity index is 1.49. The van der Waals surface area contributed by atoms with E-state index in [-0.39, 0.29) is 17.7 Å². The van der Waals surface area contributed by atoms with E-state index in [0.717, 1.165) is 22.6 Å². The van der Waals surface area contributed by atoms with E-state index < -0.39 is 0 Å². The predicted molar refractivity (Wildman–Crippen MR) is 119 cm³/mol. The summed E-state index contributed by atoms with van der Waals surface area (Å²) >= 11 is 7.28. The third kappa shape index (κ3) is 4.17. The molecule has 4 rings (SSSR count). The van der Waals surface area contributed by atoms with Crippen LogP contribution in [0.2, 0.25) is 5.02 Å². The van der Waals surface area contributed by atoms with Gasteiger partial charge in [-0.2, -0.15) is 0 Å². The van der Waals surface area contributed by atoms with Crippen LogP contribution in [0.3, 0.4) is 0 Å². The fourth-order valence-electron chi connectivity index (χ4n) is 3.45. The van der Waals surface area contributed by atoms with E-state index in [1.807, 2.05) is 25.1 Å². The largest absolute Gasteiger partial charge is 0.495 e. The minimum absolute atomic E-state index is 0.126. The summed E-state index contributed by atoms with van der Waals surface area (Å²) in [6, 6.07) is 12.3. The van der Waals surface area contributed by atoms with Crippen LogP contribution >= 0.6 is 22.9 Å². The lowest BCUT2D eigenvalue weighted by Gasteiger charge is -2.14. The molecule has 0 radical (unpaired) electrons. The van der Waals surface area contributed by atoms with Crippen LogP contribution in [0.25, 0.3) is 0 Å². The molecule has 154 valence electrons. The number of hydrogen-bond acceptors (Lipinski definition) is 5. The zero-order chi connectivity index (χ0) is 21.3. The number of fused-ring (bicyclic) bond motifs is 1. The number of hydrogen-bond donors (Lipinski definition) is 2. The molecule has 0 spiro atoms. The smallest absolute Gasteiger partial charge is 0.257 e. The van der Waals surface area contributed by atoms with E-state index in [0.29, 0.717) is 33.6 Å². The molecule has 1 heterocycles. The molecule has 3 aromatic rings. The number of anilines is 2. The number of nitrogens with zero attached hydrogens (tertiary/aromatic N) is 1. The summed E-state index contributed by atoms with van der Waals surface area (Å²) in [6.07, 6.45) is 1.45. The van der Waals surface area contributed by atoms with Crippen molar-refractivity contribution in [2.24, 2.45) is 0 Å². The van der Waals surface area contributed by atoms with Crippen LogP contribution in [0.1, 0.15) is 38.8 Å². The Morgan fingerprint density at radius 2 is 1.93 bits per heavy atom. The maximum atomic E-state index is 12.9. The molecule has 2 N–H and O–H groups in total. The van der Waals surface area contributed by atoms with Crippen molar-refractivity contribution in [2.75, 3.05) is 17.7 Å². The Bertz CT molecular complexity index is 1110. The molecule has 0 aliphatic heterocycles. The second-order valence-electron chi connectivity index (χ2n) is 7.07. The molecule has 0 bridgehead atoms. The van der Waals surface area contributed by atoms with Gasteiger partial charge < -0.3 is 10.1 Å². The first kappa shape index (κ1) is 20.4. The fraction of sp³-hybridized carbons (Fsp3) is 0.227. The van der Waals surface area contributed by atoms with Crippen molar-refractivity contribution >= 4 is 45.6 Å². The van der Waals surface area contributed by atoms with Crippen LogP contribution in [0.15, 0.2) is 42.5 Å². The van der Waals surface area contributed by atoms with E-state index in [4.69, 9.17) is 16.3 Å². The molecule has 1 aliphatic carbocycles. The van der Waals surface area contributed by atoms with Gasteiger partial charge in [0.2, 0.25) is 5.91 Å². The van der Waals surface area contributed by atoms with Gasteiger partial charge in [-0.25, -0.2) is 4.98 Å². The van der Waals surface area contributed by atoms with Crippen molar-refractivity contribution in [1.29, 1.82) is 0 Å². The van der Waals surface area contributed by atoms with Crippen LogP contribution in [-0.4, -0.2) is 23.9 Å². The summed E-state index contributed by atoms with van der Waals surface area (Å²) in [5.41, 5.74) is 2.90. The van der Waals surface area contributed by atoms with Gasteiger partial charge >= 0.3 is 0 Å². The minimum atomic E-state index is -0.359. The lowest BCUT2D eigenvalue weighted by molar-refractivity contribution is -0.117. The number of benzene rings is 2. The molecule has 0 saturated carbocycles. The van der Waals surface area contributed by atoms with Gasteiger partial charge in [0.1, 0.15) is 5.75 Å². The first-order chi connectivity index (χ1) is 14.4. The summed E-state index contributed by atoms with van der Waals surface area (Å²) in [7, 11) is 1.57. The van der Waals surface area contributed by atoms with Crippen molar-refractivity contribution in [1.82, 2.24) is 4.98 Å². The third-order valence-corrected chi connectivity index (χ3v) is 6.27. The molecule has 0 fully saturated rings. The van der Waals surface area contributed by atoms with Gasteiger partial charge in [0.15, 0.2) is 5.13 Å². The molecule has 1 atom stereocenters. The fourth-order valence-corrected chi connectivity index (χ4v) is 4.61. The molecule has 2 aromatic carbocycles. The molecule has 0 saturated heterocycles. The number of amides is 2. The number of nitrogens with one attached hydrogen (secondary N) is 2. The predicted octanol–water partition coefficient (Wildman–Crippen LogP) is 5.03. The number of halogens is 1. The zero-order valence-electron chi connectivity index (χ0n) is 16.5. The maximum Gasteiger partial charge on any atom is 0.257 e. The van der Waals surface area contributed by atoms with Gasteiger partial charge in [0.05, 0.1) is 24.4 Å². The van der Waals surface area contributed by atoms with Crippen molar-refractivity contribution in [2.45, 2.75) is 25.7 Å². The van der Waals surface area contributed by atoms with E-state index in [1.165, 1.54) is 11.3 Å². The Morgan fingerprint density at radius 3 is 2.67 bits per heavy atom. The van der Waals surface area contributed by atoms with Crippen molar-refractivity contribution < 1.29 is 14.3 Å². The highest BCUT2D eigenvalue weighted by atomic mass is 35.5. The molecule has 1 unspecified atom stereocenters. The number of aryl methyl sites for hydroxylation is 2. The summed E-state index contributed by atoms with van der Waals surface area (Å²) < 4.78 is 5.35. The maximum absolute atomic E-state index is 12.9.